The van der Waals surface area contributed by atoms with Crippen LogP contribution in [-0.4, -0.2) is 98.5 Å². The number of alkyl halides is 3. The van der Waals surface area contributed by atoms with Crippen molar-refractivity contribution >= 4 is 73.1 Å². The second-order valence-corrected chi connectivity index (χ2v) is 30.8. The summed E-state index contributed by atoms with van der Waals surface area (Å²) in [4.78, 5) is 70.0. The highest BCUT2D eigenvalue weighted by Gasteiger charge is 2.50. The van der Waals surface area contributed by atoms with Gasteiger partial charge in [0.25, 0.3) is 17.7 Å². The predicted molar refractivity (Wildman–Crippen MR) is 454 cm³/mol. The molecule has 0 unspecified atom stereocenters. The van der Waals surface area contributed by atoms with Gasteiger partial charge in [0.2, 0.25) is 17.8 Å². The van der Waals surface area contributed by atoms with Gasteiger partial charge in [0.05, 0.1) is 23.2 Å². The third kappa shape index (κ3) is 17.9. The Hall–Kier alpha value is -15.2. The van der Waals surface area contributed by atoms with Gasteiger partial charge in [0, 0.05) is 119 Å². The number of aromatic hydroxyl groups is 1. The summed E-state index contributed by atoms with van der Waals surface area (Å²) in [5, 5.41) is 28.9. The number of aromatic nitrogens is 6. The molecule has 10 aromatic carbocycles. The quantitative estimate of drug-likeness (QED) is 0.0223. The van der Waals surface area contributed by atoms with Crippen molar-refractivity contribution < 1.29 is 91.1 Å². The predicted octanol–water partition coefficient (Wildman–Crippen LogP) is 18.2. The van der Waals surface area contributed by atoms with Gasteiger partial charge in [0.1, 0.15) is 46.2 Å². The van der Waals surface area contributed by atoms with Crippen LogP contribution in [0.3, 0.4) is 0 Å². The van der Waals surface area contributed by atoms with E-state index in [1.807, 2.05) is 127 Å². The molecule has 9 heterocycles. The van der Waals surface area contributed by atoms with Crippen molar-refractivity contribution in [1.29, 1.82) is 0 Å². The van der Waals surface area contributed by atoms with E-state index in [1.54, 1.807) is 77.8 Å². The summed E-state index contributed by atoms with van der Waals surface area (Å²) in [6.07, 6.45) is 7.15. The zero-order chi connectivity index (χ0) is 88.8. The second kappa shape index (κ2) is 36.7. The first kappa shape index (κ1) is 85.4. The molecule has 0 radical (unpaired) electrons. The van der Waals surface area contributed by atoms with E-state index in [2.05, 4.69) is 29.9 Å². The molecule has 0 aliphatic carbocycles. The van der Waals surface area contributed by atoms with Crippen LogP contribution in [0.5, 0.6) is 23.0 Å². The SMILES string of the molecule is O=C1c2c(c(-c3cccnc3F)c3cccnc3c2O)CN1Cc1ccc(F)cc1.O=C1c2c(c(-c3cccnc3F)c3cccnc3c2OC(c2ccccc2)c2ccccc2)CN1Cc1ccc(F)cc1.O=C1c2c(c(OS(=O)(=O)C(F)(F)F)c3cccnc3c2OC(c2ccccc2)c2ccccc2)CN1Cc1ccc(F)cc1.OB(O)c1cccnc1F. The fourth-order valence-electron chi connectivity index (χ4n) is 15.4. The Bertz CT molecular complexity index is 6860. The summed E-state index contributed by atoms with van der Waals surface area (Å²) in [6.45, 7) is 0.490. The van der Waals surface area contributed by atoms with E-state index in [0.717, 1.165) is 22.3 Å². The number of nitrogens with zero attached hydrogens (tertiary/aromatic N) is 9. The molecule has 634 valence electrons. The number of amides is 3. The van der Waals surface area contributed by atoms with Gasteiger partial charge < -0.3 is 43.5 Å². The number of phenols is 1. The first-order valence-corrected chi connectivity index (χ1v) is 40.6. The molecule has 19 rings (SSSR count). The van der Waals surface area contributed by atoms with Gasteiger partial charge in [-0.3, -0.25) is 29.3 Å². The molecule has 3 aliphatic heterocycles. The minimum absolute atomic E-state index is 0.0448. The van der Waals surface area contributed by atoms with Crippen molar-refractivity contribution in [3.8, 4) is 45.3 Å². The first-order chi connectivity index (χ1) is 61.4. The van der Waals surface area contributed by atoms with Crippen molar-refractivity contribution in [3.05, 3.63) is 412 Å². The fourth-order valence-corrected chi connectivity index (χ4v) is 15.9. The third-order valence-electron chi connectivity index (χ3n) is 21.2. The van der Waals surface area contributed by atoms with Crippen LogP contribution >= 0.6 is 0 Å². The van der Waals surface area contributed by atoms with Gasteiger partial charge in [-0.1, -0.05) is 176 Å². The van der Waals surface area contributed by atoms with Gasteiger partial charge >= 0.3 is 22.7 Å². The van der Waals surface area contributed by atoms with Crippen LogP contribution < -0.4 is 19.1 Å². The average Bonchev–Trinajstić information content (AvgIpc) is 1.62. The molecule has 0 atom stereocenters. The maximum absolute atomic E-state index is 15.3. The van der Waals surface area contributed by atoms with Crippen LogP contribution in [0.1, 0.15) is 98.9 Å². The molecule has 0 bridgehead atoms. The first-order valence-electron chi connectivity index (χ1n) is 39.2. The Balaban J connectivity index is 0.000000134. The number of pyridine rings is 6. The van der Waals surface area contributed by atoms with Gasteiger partial charge in [0.15, 0.2) is 23.0 Å². The molecule has 127 heavy (non-hydrogen) atoms. The number of ether oxygens (including phenoxy) is 2. The molecular formula is C96H67BF9N9O11S. The molecule has 16 aromatic rings. The summed E-state index contributed by atoms with van der Waals surface area (Å²) >= 11 is 0. The number of hydrogen-bond acceptors (Lipinski definition) is 17. The summed E-state index contributed by atoms with van der Waals surface area (Å²) in [5.74, 6) is -5.26. The van der Waals surface area contributed by atoms with Crippen molar-refractivity contribution in [2.24, 2.45) is 0 Å². The molecule has 0 saturated carbocycles. The number of phenolic OH excluding ortho intramolecular Hbond substituents is 1. The Morgan fingerprint density at radius 1 is 0.362 bits per heavy atom. The monoisotopic (exact) mass is 1740 g/mol. The summed E-state index contributed by atoms with van der Waals surface area (Å²) < 4.78 is 166. The van der Waals surface area contributed by atoms with E-state index >= 15 is 4.39 Å². The molecule has 0 fully saturated rings. The minimum Gasteiger partial charge on any atom is -0.505 e. The number of carbonyl (C=O) groups excluding carboxylic acids is 3. The lowest BCUT2D eigenvalue weighted by Gasteiger charge is -2.23. The fraction of sp³-hybridized carbons (Fsp3) is 0.0938. The molecule has 3 N–H and O–H groups in total. The lowest BCUT2D eigenvalue weighted by molar-refractivity contribution is -0.0500. The lowest BCUT2D eigenvalue weighted by atomic mass is 9.81. The summed E-state index contributed by atoms with van der Waals surface area (Å²) in [7, 11) is -7.91. The molecule has 0 saturated heterocycles. The van der Waals surface area contributed by atoms with Gasteiger partial charge in [-0.05, 0) is 141 Å². The van der Waals surface area contributed by atoms with Crippen LogP contribution in [-0.2, 0) is 49.4 Å². The molecular weight excluding hydrogens is 1670 g/mol. The molecule has 0 spiro atoms. The van der Waals surface area contributed by atoms with E-state index in [4.69, 9.17) is 23.7 Å². The van der Waals surface area contributed by atoms with Crippen LogP contribution in [0.2, 0.25) is 0 Å². The Morgan fingerprint density at radius 3 is 1.06 bits per heavy atom. The second-order valence-electron chi connectivity index (χ2n) is 29.3. The smallest absolute Gasteiger partial charge is 0.505 e. The number of hydrogen-bond donors (Lipinski definition) is 3. The summed E-state index contributed by atoms with van der Waals surface area (Å²) in [5.41, 5.74) is 2.85. The van der Waals surface area contributed by atoms with E-state index < -0.39 is 70.3 Å². The number of benzene rings is 10. The van der Waals surface area contributed by atoms with Crippen LogP contribution in [0, 0.1) is 35.3 Å². The van der Waals surface area contributed by atoms with E-state index in [9.17, 15) is 63.0 Å². The Labute approximate surface area is 719 Å². The molecule has 31 heteroatoms. The topological polar surface area (TPSA) is 261 Å². The number of rotatable bonds is 19. The van der Waals surface area contributed by atoms with Crippen LogP contribution in [0.15, 0.2) is 304 Å². The minimum atomic E-state index is -6.12. The zero-order valence-electron chi connectivity index (χ0n) is 66.3. The third-order valence-corrected chi connectivity index (χ3v) is 22.2. The van der Waals surface area contributed by atoms with Crippen molar-refractivity contribution in [1.82, 2.24) is 44.6 Å². The highest BCUT2D eigenvalue weighted by molar-refractivity contribution is 7.88. The highest BCUT2D eigenvalue weighted by Crippen LogP contribution is 2.51. The highest BCUT2D eigenvalue weighted by atomic mass is 32.2. The Kier molecular flexibility index (Phi) is 24.7. The molecule has 3 amide bonds. The van der Waals surface area contributed by atoms with E-state index in [-0.39, 0.29) is 124 Å². The zero-order valence-corrected chi connectivity index (χ0v) is 67.1. The lowest BCUT2D eigenvalue weighted by Crippen LogP contribution is -2.33. The number of halogens is 9. The van der Waals surface area contributed by atoms with Crippen molar-refractivity contribution in [3.63, 3.8) is 0 Å². The summed E-state index contributed by atoms with van der Waals surface area (Å²) in [6, 6.07) is 74.1. The molecule has 20 nitrogen and oxygen atoms in total. The van der Waals surface area contributed by atoms with Crippen LogP contribution in [0.4, 0.5) is 39.5 Å². The number of carbonyl (C=O) groups is 3. The maximum Gasteiger partial charge on any atom is 0.534 e. The van der Waals surface area contributed by atoms with Gasteiger partial charge in [-0.2, -0.15) is 34.8 Å². The Morgan fingerprint density at radius 2 is 0.685 bits per heavy atom. The standard InChI is InChI=1S/C36H25F2N3O2.C32H22F4N2O5S.C23H15F2N3O2.C5H5BFNO2/c37-26-17-15-23(16-18-26)21-41-22-29-30(28-14-8-20-40-35(28)38)27-13-7-19-39-32(27)34(31(29)36(41)42)43-33(24-9-3-1-4-10-24)25-11-5-2-6-12-25;33-23-15-13-20(14-16-23)18-38-19-25-26(31(38)39)30(42-28(21-8-3-1-4-9-21)22-10-5-2-6-11-22)27-24(12-7-17-37-27)29(25)43-44(40,41)32(34,35)36;24-14-7-5-13(6-8-14)11-28-12-17-18(16-4-2-10-27-22(16)25)15-3-1-9-26-20(15)21(29)19(17)23(28)30;7-5-4(6(9)10)2-1-3-8-5/h1-20,33H,21-22H2;1-17,28H,18-19H2;1-10,29H,11-12H2;1-3,9-10H. The normalized spacial score (nSPS) is 12.8. The van der Waals surface area contributed by atoms with E-state index in [0.29, 0.717) is 66.5 Å². The van der Waals surface area contributed by atoms with Crippen LogP contribution in [0.25, 0.3) is 55.0 Å². The van der Waals surface area contributed by atoms with Gasteiger partial charge in [-0.25, -0.2) is 28.1 Å². The maximum atomic E-state index is 15.3. The molecule has 3 aliphatic rings. The van der Waals surface area contributed by atoms with Crippen molar-refractivity contribution in [2.45, 2.75) is 57.0 Å². The largest absolute Gasteiger partial charge is 0.534 e. The van der Waals surface area contributed by atoms with Gasteiger partial charge in [-0.15, -0.1) is 0 Å². The van der Waals surface area contributed by atoms with E-state index in [1.165, 1.54) is 114 Å². The average molecular weight is 1740 g/mol. The molecule has 6 aromatic heterocycles. The number of fused-ring (bicyclic) bond motifs is 6. The van der Waals surface area contributed by atoms with Crippen molar-refractivity contribution in [2.75, 3.05) is 0 Å².